The molecule has 0 spiro atoms. The van der Waals surface area contributed by atoms with Crippen LogP contribution in [0.2, 0.25) is 0 Å². The number of nitrogens with zero attached hydrogens (tertiary/aromatic N) is 3. The summed E-state index contributed by atoms with van der Waals surface area (Å²) in [4.78, 5) is 2.28. The van der Waals surface area contributed by atoms with E-state index >= 15 is 0 Å². The predicted molar refractivity (Wildman–Crippen MR) is 101 cm³/mol. The summed E-state index contributed by atoms with van der Waals surface area (Å²) < 4.78 is 0. The Labute approximate surface area is 154 Å². The molecule has 1 aromatic carbocycles. The Morgan fingerprint density at radius 2 is 1.96 bits per heavy atom. The number of hydrogen-bond donors (Lipinski definition) is 2. The van der Waals surface area contributed by atoms with Crippen molar-refractivity contribution in [2.24, 2.45) is 5.92 Å². The second-order valence-corrected chi connectivity index (χ2v) is 7.87. The smallest absolute Gasteiger partial charge is 0.125 e. The van der Waals surface area contributed by atoms with Crippen molar-refractivity contribution in [2.45, 2.75) is 45.1 Å². The van der Waals surface area contributed by atoms with E-state index in [-0.39, 0.29) is 11.7 Å². The van der Waals surface area contributed by atoms with Gasteiger partial charge in [0.1, 0.15) is 17.5 Å². The Morgan fingerprint density at radius 1 is 1.15 bits per heavy atom. The topological polar surface area (TPSA) is 69.5 Å². The second kappa shape index (κ2) is 6.97. The third-order valence-electron chi connectivity index (χ3n) is 5.87. The molecule has 1 aliphatic carbocycles. The Bertz CT molecular complexity index is 821. The number of piperidine rings is 1. The summed E-state index contributed by atoms with van der Waals surface area (Å²) in [6.45, 7) is 3.96. The summed E-state index contributed by atoms with van der Waals surface area (Å²) >= 11 is 0. The molecular formula is C21H27N3O2. The molecule has 1 aromatic heterocycles. The van der Waals surface area contributed by atoms with Crippen LogP contribution in [0, 0.1) is 12.8 Å². The van der Waals surface area contributed by atoms with E-state index in [1.807, 2.05) is 19.1 Å². The summed E-state index contributed by atoms with van der Waals surface area (Å²) in [5.74, 6) is 0.460. The van der Waals surface area contributed by atoms with E-state index in [0.29, 0.717) is 0 Å². The maximum absolute atomic E-state index is 11.0. The molecule has 0 bridgehead atoms. The number of aromatic hydroxyl groups is 1. The molecule has 1 aliphatic heterocycles. The summed E-state index contributed by atoms with van der Waals surface area (Å²) in [5.41, 5.74) is 5.58. The summed E-state index contributed by atoms with van der Waals surface area (Å²) in [7, 11) is 2.11. The minimum atomic E-state index is -0.558. The van der Waals surface area contributed by atoms with Crippen molar-refractivity contribution in [3.05, 3.63) is 40.6 Å². The number of fused-ring (bicyclic) bond motifs is 1. The monoisotopic (exact) mass is 353 g/mol. The number of likely N-dealkylation sites (tertiary alicyclic amines) is 1. The average Bonchev–Trinajstić information content (AvgIpc) is 3.10. The zero-order valence-electron chi connectivity index (χ0n) is 15.6. The number of aliphatic hydroxyl groups excluding tert-OH is 1. The van der Waals surface area contributed by atoms with Crippen molar-refractivity contribution in [2.75, 3.05) is 20.1 Å². The van der Waals surface area contributed by atoms with Gasteiger partial charge in [-0.15, -0.1) is 5.10 Å². The lowest BCUT2D eigenvalue weighted by Crippen LogP contribution is -2.35. The van der Waals surface area contributed by atoms with Gasteiger partial charge in [-0.1, -0.05) is 6.07 Å². The molecule has 1 saturated heterocycles. The molecule has 0 amide bonds. The van der Waals surface area contributed by atoms with Gasteiger partial charge in [0.2, 0.25) is 0 Å². The number of phenols is 1. The molecule has 1 fully saturated rings. The van der Waals surface area contributed by atoms with Crippen molar-refractivity contribution < 1.29 is 10.2 Å². The van der Waals surface area contributed by atoms with Crippen LogP contribution in [0.15, 0.2) is 18.2 Å². The zero-order chi connectivity index (χ0) is 18.3. The van der Waals surface area contributed by atoms with Crippen LogP contribution < -0.4 is 0 Å². The first-order chi connectivity index (χ1) is 12.5. The highest BCUT2D eigenvalue weighted by Crippen LogP contribution is 2.39. The lowest BCUT2D eigenvalue weighted by atomic mass is 9.88. The first-order valence-corrected chi connectivity index (χ1v) is 9.59. The van der Waals surface area contributed by atoms with E-state index < -0.39 is 6.10 Å². The van der Waals surface area contributed by atoms with Crippen molar-refractivity contribution in [1.29, 1.82) is 0 Å². The maximum atomic E-state index is 11.0. The third kappa shape index (κ3) is 3.10. The highest BCUT2D eigenvalue weighted by molar-refractivity contribution is 5.71. The van der Waals surface area contributed by atoms with Crippen molar-refractivity contribution in [3.8, 4) is 17.0 Å². The summed E-state index contributed by atoms with van der Waals surface area (Å²) in [6, 6.07) is 5.66. The van der Waals surface area contributed by atoms with E-state index in [1.54, 1.807) is 6.07 Å². The molecule has 26 heavy (non-hydrogen) atoms. The van der Waals surface area contributed by atoms with Crippen LogP contribution in [0.25, 0.3) is 11.3 Å². The van der Waals surface area contributed by atoms with Gasteiger partial charge in [0.25, 0.3) is 0 Å². The van der Waals surface area contributed by atoms with Gasteiger partial charge in [-0.25, -0.2) is 0 Å². The van der Waals surface area contributed by atoms with Crippen molar-refractivity contribution >= 4 is 0 Å². The molecule has 0 radical (unpaired) electrons. The van der Waals surface area contributed by atoms with Gasteiger partial charge in [0.05, 0.1) is 5.69 Å². The average molecular weight is 353 g/mol. The van der Waals surface area contributed by atoms with E-state index in [0.717, 1.165) is 78.8 Å². The lowest BCUT2D eigenvalue weighted by Gasteiger charge is -2.33. The fourth-order valence-electron chi connectivity index (χ4n) is 4.50. The minimum absolute atomic E-state index is 0.214. The summed E-state index contributed by atoms with van der Waals surface area (Å²) in [6.07, 6.45) is 4.49. The van der Waals surface area contributed by atoms with E-state index in [1.165, 1.54) is 0 Å². The van der Waals surface area contributed by atoms with Crippen LogP contribution in [-0.4, -0.2) is 45.4 Å². The molecule has 4 rings (SSSR count). The number of aryl methyl sites for hydroxylation is 1. The van der Waals surface area contributed by atoms with Gasteiger partial charge in [0, 0.05) is 18.0 Å². The quantitative estimate of drug-likeness (QED) is 0.888. The Hall–Kier alpha value is -1.98. The normalized spacial score (nSPS) is 21.6. The molecule has 5 heteroatoms. The number of benzene rings is 1. The molecule has 0 saturated carbocycles. The molecule has 2 aromatic rings. The third-order valence-corrected chi connectivity index (χ3v) is 5.87. The highest BCUT2D eigenvalue weighted by Gasteiger charge is 2.32. The number of phenolic OH excluding ortho intramolecular Hbond substituents is 1. The van der Waals surface area contributed by atoms with Gasteiger partial charge >= 0.3 is 0 Å². The Kier molecular flexibility index (Phi) is 4.67. The minimum Gasteiger partial charge on any atom is -0.507 e. The first-order valence-electron chi connectivity index (χ1n) is 9.59. The van der Waals surface area contributed by atoms with Crippen LogP contribution in [0.1, 0.15) is 47.8 Å². The van der Waals surface area contributed by atoms with Gasteiger partial charge < -0.3 is 15.1 Å². The van der Waals surface area contributed by atoms with Crippen LogP contribution in [0.4, 0.5) is 0 Å². The Morgan fingerprint density at radius 3 is 2.73 bits per heavy atom. The van der Waals surface area contributed by atoms with E-state index in [2.05, 4.69) is 22.1 Å². The SMILES string of the molecule is Cc1ccc(-c2nnc([C@H](O)[C@H]3CCCN(C)C3)c3c2CCC3)c(O)c1. The van der Waals surface area contributed by atoms with Gasteiger partial charge in [-0.2, -0.15) is 5.10 Å². The molecule has 2 N–H and O–H groups in total. The summed E-state index contributed by atoms with van der Waals surface area (Å²) in [5, 5.41) is 30.3. The fraction of sp³-hybridized carbons (Fsp3) is 0.524. The molecule has 5 nitrogen and oxygen atoms in total. The molecular weight excluding hydrogens is 326 g/mol. The van der Waals surface area contributed by atoms with Crippen LogP contribution in [0.3, 0.4) is 0 Å². The number of hydrogen-bond acceptors (Lipinski definition) is 5. The first kappa shape index (κ1) is 17.4. The van der Waals surface area contributed by atoms with Gasteiger partial charge in [0.15, 0.2) is 0 Å². The molecule has 0 unspecified atom stereocenters. The number of rotatable bonds is 3. The lowest BCUT2D eigenvalue weighted by molar-refractivity contribution is 0.0550. The van der Waals surface area contributed by atoms with Crippen LogP contribution in [-0.2, 0) is 12.8 Å². The molecule has 138 valence electrons. The Balaban J connectivity index is 1.72. The number of aromatic nitrogens is 2. The molecule has 2 aliphatic rings. The van der Waals surface area contributed by atoms with E-state index in [4.69, 9.17) is 0 Å². The highest BCUT2D eigenvalue weighted by atomic mass is 16.3. The molecule has 2 heterocycles. The van der Waals surface area contributed by atoms with Crippen molar-refractivity contribution in [3.63, 3.8) is 0 Å². The largest absolute Gasteiger partial charge is 0.507 e. The number of aliphatic hydroxyl groups is 1. The van der Waals surface area contributed by atoms with Crippen LogP contribution in [0.5, 0.6) is 5.75 Å². The second-order valence-electron chi connectivity index (χ2n) is 7.87. The standard InChI is InChI=1S/C21H27N3O2/c1-13-8-9-17(18(25)11-13)19-15-6-3-7-16(15)20(23-22-19)21(26)14-5-4-10-24(2)12-14/h8-9,11,14,21,25-26H,3-7,10,12H2,1-2H3/t14-,21+/m0/s1. The van der Waals surface area contributed by atoms with Crippen LogP contribution >= 0.6 is 0 Å². The maximum Gasteiger partial charge on any atom is 0.125 e. The zero-order valence-corrected chi connectivity index (χ0v) is 15.6. The van der Waals surface area contributed by atoms with E-state index in [9.17, 15) is 10.2 Å². The molecule has 2 atom stereocenters. The van der Waals surface area contributed by atoms with Gasteiger partial charge in [-0.3, -0.25) is 0 Å². The predicted octanol–water partition coefficient (Wildman–Crippen LogP) is 3.02. The van der Waals surface area contributed by atoms with Gasteiger partial charge in [-0.05, 0) is 81.4 Å². The fourth-order valence-corrected chi connectivity index (χ4v) is 4.50. The van der Waals surface area contributed by atoms with Crippen molar-refractivity contribution in [1.82, 2.24) is 15.1 Å².